The van der Waals surface area contributed by atoms with Crippen molar-refractivity contribution in [1.29, 1.82) is 0 Å². The van der Waals surface area contributed by atoms with Gasteiger partial charge in [0.05, 0.1) is 26.1 Å². The Morgan fingerprint density at radius 3 is 1.50 bits per heavy atom. The average molecular weight is 707 g/mol. The molecule has 0 spiro atoms. The van der Waals surface area contributed by atoms with Crippen LogP contribution in [0.15, 0.2) is 12.3 Å². The fourth-order valence-electron chi connectivity index (χ4n) is 5.50. The average Bonchev–Trinajstić information content (AvgIpc) is 3.07. The number of hydrogen-bond donors (Lipinski definition) is 3. The van der Waals surface area contributed by atoms with Gasteiger partial charge >= 0.3 is 13.8 Å². The Labute approximate surface area is 294 Å². The molecule has 0 aliphatic rings. The summed E-state index contributed by atoms with van der Waals surface area (Å²) in [6, 6.07) is 0. The van der Waals surface area contributed by atoms with Crippen LogP contribution < -0.4 is 0 Å². The van der Waals surface area contributed by atoms with Gasteiger partial charge in [0.25, 0.3) is 0 Å². The Balaban J connectivity index is 4.25. The highest BCUT2D eigenvalue weighted by Gasteiger charge is 2.26. The zero-order valence-electron chi connectivity index (χ0n) is 31.0. The zero-order chi connectivity index (χ0) is 35.4. The monoisotopic (exact) mass is 707 g/mol. The number of aliphatic hydroxyl groups excluding tert-OH is 2. The number of carbonyl (C=O) groups excluding carboxylic acids is 1. The Bertz CT molecular complexity index is 764. The minimum Gasteiger partial charge on any atom is -0.498 e. The lowest BCUT2D eigenvalue weighted by Crippen LogP contribution is -2.28. The molecule has 3 N–H and O–H groups in total. The number of hydrogen-bond acceptors (Lipinski definition) is 8. The molecule has 0 heterocycles. The number of unbranched alkanes of at least 4 members (excludes halogenated alkanes) is 24. The molecule has 0 bridgehead atoms. The van der Waals surface area contributed by atoms with Gasteiger partial charge in [0.2, 0.25) is 0 Å². The minimum absolute atomic E-state index is 0.0292. The summed E-state index contributed by atoms with van der Waals surface area (Å²) in [5, 5.41) is 18.3. The van der Waals surface area contributed by atoms with Crippen molar-refractivity contribution in [2.75, 3.05) is 26.4 Å². The van der Waals surface area contributed by atoms with E-state index < -0.39 is 45.8 Å². The number of allylic oxidation sites excluding steroid dienone is 1. The first-order valence-corrected chi connectivity index (χ1v) is 21.2. The molecule has 9 nitrogen and oxygen atoms in total. The second-order valence-electron chi connectivity index (χ2n) is 13.4. The number of ether oxygens (including phenoxy) is 2. The molecule has 0 radical (unpaired) electrons. The van der Waals surface area contributed by atoms with Gasteiger partial charge in [-0.15, -0.1) is 0 Å². The number of rotatable bonds is 38. The number of phosphoric acid groups is 1. The fourth-order valence-corrected chi connectivity index (χ4v) is 6.29. The van der Waals surface area contributed by atoms with Crippen LogP contribution in [-0.2, 0) is 27.9 Å². The molecule has 0 saturated carbocycles. The van der Waals surface area contributed by atoms with Crippen molar-refractivity contribution in [2.45, 2.75) is 199 Å². The maximum absolute atomic E-state index is 12.5. The van der Waals surface area contributed by atoms with Crippen molar-refractivity contribution in [3.8, 4) is 0 Å². The lowest BCUT2D eigenvalue weighted by atomic mass is 10.0. The van der Waals surface area contributed by atoms with Gasteiger partial charge in [-0.2, -0.15) is 0 Å². The summed E-state index contributed by atoms with van der Waals surface area (Å²) in [5.74, 6) is -0.403. The van der Waals surface area contributed by atoms with Gasteiger partial charge in [0, 0.05) is 6.42 Å². The van der Waals surface area contributed by atoms with Crippen LogP contribution in [0.2, 0.25) is 0 Å². The molecule has 286 valence electrons. The summed E-state index contributed by atoms with van der Waals surface area (Å²) >= 11 is 0. The van der Waals surface area contributed by atoms with Gasteiger partial charge in [0.1, 0.15) is 12.7 Å². The summed E-state index contributed by atoms with van der Waals surface area (Å²) in [7, 11) is -4.52. The lowest BCUT2D eigenvalue weighted by Gasteiger charge is -2.20. The summed E-state index contributed by atoms with van der Waals surface area (Å²) in [4.78, 5) is 22.4. The number of esters is 1. The molecule has 0 aromatic heterocycles. The second kappa shape index (κ2) is 35.9. The van der Waals surface area contributed by atoms with Crippen molar-refractivity contribution in [3.05, 3.63) is 12.3 Å². The topological polar surface area (TPSA) is 132 Å². The highest BCUT2D eigenvalue weighted by atomic mass is 31.2. The Hall–Kier alpha value is -0.960. The maximum atomic E-state index is 12.5. The Morgan fingerprint density at radius 2 is 1.04 bits per heavy atom. The predicted octanol–water partition coefficient (Wildman–Crippen LogP) is 10.5. The summed E-state index contributed by atoms with van der Waals surface area (Å²) in [6.45, 7) is 2.89. The standard InChI is InChI=1S/C38H75O9P/c1-3-5-7-9-11-13-15-17-19-21-23-25-27-29-31-44-34-37(35-46-48(42,43)45-33-36(40)32-39)47-38(41)30-28-26-24-22-20-18-16-14-12-10-8-6-4-2/h29,31,36-37,39-40H,3-28,30,32-35H2,1-2H3,(H,42,43)/b31-29-/t36-,37+/m0/s1. The van der Waals surface area contributed by atoms with Crippen LogP contribution in [0.5, 0.6) is 0 Å². The van der Waals surface area contributed by atoms with E-state index in [1.807, 2.05) is 6.08 Å². The largest absolute Gasteiger partial charge is 0.498 e. The first-order valence-electron chi connectivity index (χ1n) is 19.7. The summed E-state index contributed by atoms with van der Waals surface area (Å²) in [5.41, 5.74) is 0. The molecule has 0 amide bonds. The van der Waals surface area contributed by atoms with Gasteiger partial charge < -0.3 is 24.6 Å². The first kappa shape index (κ1) is 47.0. The molecule has 0 aliphatic carbocycles. The third-order valence-corrected chi connectivity index (χ3v) is 9.50. The minimum atomic E-state index is -4.52. The van der Waals surface area contributed by atoms with Crippen molar-refractivity contribution in [3.63, 3.8) is 0 Å². The molecule has 0 aromatic carbocycles. The molecule has 48 heavy (non-hydrogen) atoms. The molecule has 0 rings (SSSR count). The van der Waals surface area contributed by atoms with E-state index in [0.717, 1.165) is 32.1 Å². The van der Waals surface area contributed by atoms with Crippen LogP contribution in [0.1, 0.15) is 187 Å². The van der Waals surface area contributed by atoms with Crippen molar-refractivity contribution in [1.82, 2.24) is 0 Å². The van der Waals surface area contributed by atoms with Crippen molar-refractivity contribution >= 4 is 13.8 Å². The molecular weight excluding hydrogens is 631 g/mol. The van der Waals surface area contributed by atoms with Gasteiger partial charge in [-0.3, -0.25) is 13.8 Å². The fraction of sp³-hybridized carbons (Fsp3) is 0.921. The van der Waals surface area contributed by atoms with Crippen molar-refractivity contribution in [2.24, 2.45) is 0 Å². The van der Waals surface area contributed by atoms with E-state index in [0.29, 0.717) is 0 Å². The quantitative estimate of drug-likeness (QED) is 0.0248. The first-order chi connectivity index (χ1) is 23.3. The van der Waals surface area contributed by atoms with Crippen LogP contribution in [0.25, 0.3) is 0 Å². The molecule has 1 unspecified atom stereocenters. The summed E-state index contributed by atoms with van der Waals surface area (Å²) < 4.78 is 33.0. The molecule has 0 saturated heterocycles. The Kier molecular flexibility index (Phi) is 35.1. The van der Waals surface area contributed by atoms with Crippen LogP contribution >= 0.6 is 7.82 Å². The second-order valence-corrected chi connectivity index (χ2v) is 14.8. The molecule has 0 aromatic rings. The molecule has 0 aliphatic heterocycles. The van der Waals surface area contributed by atoms with E-state index in [-0.39, 0.29) is 13.0 Å². The third-order valence-electron chi connectivity index (χ3n) is 8.55. The van der Waals surface area contributed by atoms with Gasteiger partial charge in [-0.25, -0.2) is 4.57 Å². The smallest absolute Gasteiger partial charge is 0.472 e. The molecule has 10 heteroatoms. The third kappa shape index (κ3) is 34.9. The van der Waals surface area contributed by atoms with Gasteiger partial charge in [0.15, 0.2) is 6.10 Å². The van der Waals surface area contributed by atoms with Crippen LogP contribution in [0.4, 0.5) is 0 Å². The number of aliphatic hydroxyl groups is 2. The van der Waals surface area contributed by atoms with Crippen molar-refractivity contribution < 1.29 is 43.0 Å². The van der Waals surface area contributed by atoms with Gasteiger partial charge in [-0.05, 0) is 25.3 Å². The van der Waals surface area contributed by atoms with E-state index in [9.17, 15) is 19.4 Å². The van der Waals surface area contributed by atoms with E-state index in [4.69, 9.17) is 23.6 Å². The zero-order valence-corrected chi connectivity index (χ0v) is 31.9. The molecule has 3 atom stereocenters. The number of carbonyl (C=O) groups is 1. The SMILES string of the molecule is CCCCCCCCCCCCCC/C=C\OC[C@H](COP(=O)(O)OC[C@@H](O)CO)OC(=O)CCCCCCCCCCCCCCC. The van der Waals surface area contributed by atoms with Crippen LogP contribution in [-0.4, -0.2) is 59.7 Å². The van der Waals surface area contributed by atoms with Gasteiger partial charge in [-0.1, -0.05) is 162 Å². The maximum Gasteiger partial charge on any atom is 0.472 e. The lowest BCUT2D eigenvalue weighted by molar-refractivity contribution is -0.153. The van der Waals surface area contributed by atoms with E-state index in [1.54, 1.807) is 6.26 Å². The predicted molar refractivity (Wildman–Crippen MR) is 196 cm³/mol. The van der Waals surface area contributed by atoms with E-state index >= 15 is 0 Å². The highest BCUT2D eigenvalue weighted by molar-refractivity contribution is 7.47. The molecular formula is C38H75O9P. The van der Waals surface area contributed by atoms with E-state index in [2.05, 4.69) is 13.8 Å². The van der Waals surface area contributed by atoms with Crippen LogP contribution in [0.3, 0.4) is 0 Å². The van der Waals surface area contributed by atoms with E-state index in [1.165, 1.54) is 135 Å². The normalized spacial score (nSPS) is 14.3. The molecule has 0 fully saturated rings. The number of phosphoric ester groups is 1. The Morgan fingerprint density at radius 1 is 0.625 bits per heavy atom. The highest BCUT2D eigenvalue weighted by Crippen LogP contribution is 2.43. The van der Waals surface area contributed by atoms with Crippen LogP contribution in [0, 0.1) is 0 Å². The summed E-state index contributed by atoms with van der Waals surface area (Å²) in [6.07, 6.45) is 34.0.